The second-order valence-corrected chi connectivity index (χ2v) is 8.52. The molecule has 0 bridgehead atoms. The average Bonchev–Trinajstić information content (AvgIpc) is 2.46. The van der Waals surface area contributed by atoms with Gasteiger partial charge in [-0.2, -0.15) is 17.0 Å². The predicted octanol–water partition coefficient (Wildman–Crippen LogP) is 0.253. The molecule has 0 aliphatic carbocycles. The summed E-state index contributed by atoms with van der Waals surface area (Å²) in [5.41, 5.74) is -1.12. The largest absolute Gasteiger partial charge is 0.381 e. The van der Waals surface area contributed by atoms with Gasteiger partial charge in [0.2, 0.25) is 5.91 Å². The van der Waals surface area contributed by atoms with E-state index in [9.17, 15) is 18.5 Å². The van der Waals surface area contributed by atoms with E-state index in [0.29, 0.717) is 44.1 Å². The predicted molar refractivity (Wildman–Crippen MR) is 75.8 cm³/mol. The highest BCUT2D eigenvalue weighted by Gasteiger charge is 2.47. The van der Waals surface area contributed by atoms with Crippen LogP contribution in [-0.2, 0) is 19.4 Å². The Balaban J connectivity index is 2.27. The van der Waals surface area contributed by atoms with Crippen molar-refractivity contribution in [3.63, 3.8) is 0 Å². The average molecular weight is 318 g/mol. The lowest BCUT2D eigenvalue weighted by atomic mass is 9.80. The van der Waals surface area contributed by atoms with Crippen LogP contribution in [0.25, 0.3) is 0 Å². The molecule has 2 aliphatic heterocycles. The van der Waals surface area contributed by atoms with Gasteiger partial charge in [-0.1, -0.05) is 0 Å². The molecule has 0 aromatic heterocycles. The van der Waals surface area contributed by atoms with E-state index in [-0.39, 0.29) is 5.91 Å². The van der Waals surface area contributed by atoms with Crippen molar-refractivity contribution >= 4 is 27.5 Å². The Morgan fingerprint density at radius 3 is 2.65 bits per heavy atom. The van der Waals surface area contributed by atoms with Crippen molar-refractivity contribution in [2.24, 2.45) is 5.41 Å². The van der Waals surface area contributed by atoms with Crippen LogP contribution in [0.3, 0.4) is 0 Å². The van der Waals surface area contributed by atoms with Crippen LogP contribution in [-0.4, -0.2) is 62.1 Å². The Morgan fingerprint density at radius 1 is 1.45 bits per heavy atom. The first-order valence-corrected chi connectivity index (χ1v) is 9.58. The van der Waals surface area contributed by atoms with Crippen molar-refractivity contribution in [2.75, 3.05) is 37.5 Å². The Kier molecular flexibility index (Phi) is 4.62. The quantitative estimate of drug-likeness (QED) is 0.725. The first-order chi connectivity index (χ1) is 9.41. The van der Waals surface area contributed by atoms with Crippen molar-refractivity contribution in [3.8, 4) is 6.07 Å². The molecule has 6 nitrogen and oxygen atoms in total. The Hall–Kier alpha value is -0.780. The highest BCUT2D eigenvalue weighted by atomic mass is 32.2. The topological polar surface area (TPSA) is 87.5 Å². The summed E-state index contributed by atoms with van der Waals surface area (Å²) in [6.07, 6.45) is 1.82. The minimum Gasteiger partial charge on any atom is -0.381 e. The molecule has 2 rings (SSSR count). The zero-order chi connectivity index (χ0) is 14.8. The van der Waals surface area contributed by atoms with E-state index in [1.54, 1.807) is 0 Å². The second-order valence-electron chi connectivity index (χ2n) is 5.16. The van der Waals surface area contributed by atoms with Gasteiger partial charge in [0, 0.05) is 37.5 Å². The number of rotatable bonds is 2. The highest BCUT2D eigenvalue weighted by Crippen LogP contribution is 2.34. The molecule has 0 radical (unpaired) electrons. The number of hydrogen-bond donors (Lipinski definition) is 0. The van der Waals surface area contributed by atoms with E-state index < -0.39 is 20.6 Å². The van der Waals surface area contributed by atoms with Crippen LogP contribution in [0, 0.1) is 16.7 Å². The third kappa shape index (κ3) is 2.95. The Morgan fingerprint density at radius 2 is 2.10 bits per heavy atom. The zero-order valence-corrected chi connectivity index (χ0v) is 13.0. The van der Waals surface area contributed by atoms with Gasteiger partial charge in [-0.05, 0) is 12.8 Å². The van der Waals surface area contributed by atoms with Gasteiger partial charge in [0.25, 0.3) is 0 Å². The second kappa shape index (κ2) is 5.92. The third-order valence-corrected chi connectivity index (χ3v) is 6.45. The molecule has 2 saturated heterocycles. The van der Waals surface area contributed by atoms with Crippen molar-refractivity contribution in [2.45, 2.75) is 18.2 Å². The van der Waals surface area contributed by atoms with Gasteiger partial charge in [0.05, 0.1) is 6.07 Å². The maximum absolute atomic E-state index is 12.7. The first kappa shape index (κ1) is 15.6. The molecule has 0 saturated carbocycles. The molecule has 0 aromatic rings. The van der Waals surface area contributed by atoms with Crippen LogP contribution < -0.4 is 0 Å². The van der Waals surface area contributed by atoms with Gasteiger partial charge in [-0.25, -0.2) is 8.42 Å². The summed E-state index contributed by atoms with van der Waals surface area (Å²) in [6, 6.07) is 2.11. The van der Waals surface area contributed by atoms with Crippen LogP contribution in [0.4, 0.5) is 0 Å². The van der Waals surface area contributed by atoms with Crippen LogP contribution in [0.1, 0.15) is 12.8 Å². The fourth-order valence-electron chi connectivity index (χ4n) is 2.54. The molecule has 0 spiro atoms. The molecule has 1 unspecified atom stereocenters. The van der Waals surface area contributed by atoms with Crippen molar-refractivity contribution in [1.82, 2.24) is 4.90 Å². The molecule has 0 N–H and O–H groups in total. The first-order valence-electron chi connectivity index (χ1n) is 6.47. The number of sulfone groups is 1. The van der Waals surface area contributed by atoms with E-state index in [2.05, 4.69) is 6.07 Å². The van der Waals surface area contributed by atoms with E-state index in [0.717, 1.165) is 6.26 Å². The highest BCUT2D eigenvalue weighted by molar-refractivity contribution is 8.00. The van der Waals surface area contributed by atoms with E-state index in [1.807, 2.05) is 0 Å². The number of hydrogen-bond acceptors (Lipinski definition) is 6. The van der Waals surface area contributed by atoms with Gasteiger partial charge in [0.1, 0.15) is 10.8 Å². The molecule has 0 aromatic carbocycles. The van der Waals surface area contributed by atoms with Crippen molar-refractivity contribution in [1.29, 1.82) is 5.26 Å². The number of nitriles is 1. The molecule has 2 aliphatic rings. The molecule has 20 heavy (non-hydrogen) atoms. The minimum atomic E-state index is -3.35. The van der Waals surface area contributed by atoms with Gasteiger partial charge >= 0.3 is 0 Å². The molecule has 1 amide bonds. The van der Waals surface area contributed by atoms with Gasteiger partial charge in [0.15, 0.2) is 9.84 Å². The minimum absolute atomic E-state index is 0.336. The molecule has 1 atom stereocenters. The van der Waals surface area contributed by atoms with Gasteiger partial charge in [-0.3, -0.25) is 4.79 Å². The van der Waals surface area contributed by atoms with Crippen LogP contribution in [0.2, 0.25) is 0 Å². The lowest BCUT2D eigenvalue weighted by Gasteiger charge is -2.40. The van der Waals surface area contributed by atoms with Crippen molar-refractivity contribution < 1.29 is 17.9 Å². The Labute approximate surface area is 123 Å². The summed E-state index contributed by atoms with van der Waals surface area (Å²) in [5, 5.41) is 8.61. The summed E-state index contributed by atoms with van der Waals surface area (Å²) < 4.78 is 28.9. The number of amides is 1. The smallest absolute Gasteiger partial charge is 0.244 e. The summed E-state index contributed by atoms with van der Waals surface area (Å²) in [4.78, 5) is 14.1. The number of carbonyl (C=O) groups is 1. The normalized spacial score (nSPS) is 26.8. The standard InChI is InChI=1S/C12H18N2O4S2/c1-20(16,17)10-8-19-7-4-14(10)11(15)12(9-13)2-5-18-6-3-12/h10H,2-8H2,1H3. The number of nitrogens with zero attached hydrogens (tertiary/aromatic N) is 2. The van der Waals surface area contributed by atoms with E-state index >= 15 is 0 Å². The SMILES string of the molecule is CS(=O)(=O)C1CSCCN1C(=O)C1(C#N)CCOCC1. The van der Waals surface area contributed by atoms with Crippen LogP contribution in [0.15, 0.2) is 0 Å². The number of thioether (sulfide) groups is 1. The lowest BCUT2D eigenvalue weighted by Crippen LogP contribution is -2.55. The maximum Gasteiger partial charge on any atom is 0.244 e. The summed E-state index contributed by atoms with van der Waals surface area (Å²) in [5.74, 6) is 0.734. The molecule has 2 heterocycles. The number of carbonyl (C=O) groups excluding carboxylic acids is 1. The maximum atomic E-state index is 12.7. The molecular weight excluding hydrogens is 300 g/mol. The summed E-state index contributed by atoms with van der Waals surface area (Å²) in [6.45, 7) is 1.11. The van der Waals surface area contributed by atoms with E-state index in [4.69, 9.17) is 4.74 Å². The fraction of sp³-hybridized carbons (Fsp3) is 0.833. The molecular formula is C12H18N2O4S2. The lowest BCUT2D eigenvalue weighted by molar-refractivity contribution is -0.143. The monoisotopic (exact) mass is 318 g/mol. The Bertz CT molecular complexity index is 520. The van der Waals surface area contributed by atoms with Crippen LogP contribution >= 0.6 is 11.8 Å². The number of ether oxygens (including phenoxy) is 1. The summed E-state index contributed by atoms with van der Waals surface area (Å²) >= 11 is 1.52. The van der Waals surface area contributed by atoms with Gasteiger partial charge < -0.3 is 9.64 Å². The molecule has 112 valence electrons. The zero-order valence-electron chi connectivity index (χ0n) is 11.4. The van der Waals surface area contributed by atoms with Crippen molar-refractivity contribution in [3.05, 3.63) is 0 Å². The third-order valence-electron chi connectivity index (χ3n) is 3.81. The molecule has 8 heteroatoms. The van der Waals surface area contributed by atoms with Crippen LogP contribution in [0.5, 0.6) is 0 Å². The fourth-order valence-corrected chi connectivity index (χ4v) is 5.35. The van der Waals surface area contributed by atoms with Gasteiger partial charge in [-0.15, -0.1) is 0 Å². The molecule has 2 fully saturated rings. The summed E-state index contributed by atoms with van der Waals surface area (Å²) in [7, 11) is -3.35. The van der Waals surface area contributed by atoms with E-state index in [1.165, 1.54) is 16.7 Å².